The molecule has 0 aromatic carbocycles. The van der Waals surface area contributed by atoms with E-state index in [0.29, 0.717) is 4.88 Å². The number of carboxylic acid groups (broad SMARTS) is 1. The number of hydrogen-bond acceptors (Lipinski definition) is 5. The number of methoxy groups -OCH3 is 1. The molecule has 0 fully saturated rings. The van der Waals surface area contributed by atoms with Gasteiger partial charge in [0.15, 0.2) is 5.69 Å². The van der Waals surface area contributed by atoms with E-state index in [-0.39, 0.29) is 16.6 Å². The third-order valence-electron chi connectivity index (χ3n) is 2.39. The molecule has 0 bridgehead atoms. The van der Waals surface area contributed by atoms with Gasteiger partial charge in [-0.25, -0.2) is 14.6 Å². The minimum atomic E-state index is -1.10. The normalized spacial score (nSPS) is 12.2. The van der Waals surface area contributed by atoms with Crippen LogP contribution in [-0.2, 0) is 4.74 Å². The van der Waals surface area contributed by atoms with E-state index in [1.807, 2.05) is 13.8 Å². The van der Waals surface area contributed by atoms with Gasteiger partial charge >= 0.3 is 11.9 Å². The predicted molar refractivity (Wildman–Crippen MR) is 63.7 cm³/mol. The lowest BCUT2D eigenvalue weighted by Gasteiger charge is -2.07. The Morgan fingerprint density at radius 2 is 2.18 bits per heavy atom. The minimum absolute atomic E-state index is 0.0312. The van der Waals surface area contributed by atoms with E-state index in [4.69, 9.17) is 5.11 Å². The molecule has 5 nitrogen and oxygen atoms in total. The Labute approximate surface area is 103 Å². The first kappa shape index (κ1) is 13.6. The van der Waals surface area contributed by atoms with Crippen LogP contribution >= 0.6 is 11.3 Å². The average molecular weight is 257 g/mol. The number of rotatable bonds is 5. The van der Waals surface area contributed by atoms with Crippen molar-refractivity contribution in [3.05, 3.63) is 15.6 Å². The van der Waals surface area contributed by atoms with E-state index in [9.17, 15) is 9.59 Å². The second kappa shape index (κ2) is 5.77. The van der Waals surface area contributed by atoms with Gasteiger partial charge in [-0.3, -0.25) is 0 Å². The number of carbonyl (C=O) groups is 2. The molecule has 1 N–H and O–H groups in total. The molecule has 1 heterocycles. The van der Waals surface area contributed by atoms with Crippen molar-refractivity contribution in [2.45, 2.75) is 32.6 Å². The topological polar surface area (TPSA) is 76.5 Å². The molecule has 1 unspecified atom stereocenters. The highest BCUT2D eigenvalue weighted by molar-refractivity contribution is 7.13. The molecule has 0 spiro atoms. The van der Waals surface area contributed by atoms with Crippen LogP contribution in [0.3, 0.4) is 0 Å². The summed E-state index contributed by atoms with van der Waals surface area (Å²) in [5, 5.41) is 9.14. The Kier molecular flexibility index (Phi) is 4.62. The van der Waals surface area contributed by atoms with Gasteiger partial charge in [0.1, 0.15) is 0 Å². The van der Waals surface area contributed by atoms with Crippen LogP contribution in [-0.4, -0.2) is 29.1 Å². The van der Waals surface area contributed by atoms with E-state index in [1.165, 1.54) is 7.11 Å². The summed E-state index contributed by atoms with van der Waals surface area (Å²) in [5.74, 6) is -1.61. The first-order valence-electron chi connectivity index (χ1n) is 5.33. The standard InChI is InChI=1S/C11H15NO4S/c1-4-5-6(2)8-7(10(13)14)12-9(17-8)11(15)16-3/h6H,4-5H2,1-3H3,(H,13,14). The van der Waals surface area contributed by atoms with Crippen LogP contribution in [0.5, 0.6) is 0 Å². The number of aromatic carboxylic acids is 1. The van der Waals surface area contributed by atoms with E-state index in [1.54, 1.807) is 0 Å². The summed E-state index contributed by atoms with van der Waals surface area (Å²) in [5.41, 5.74) is -0.0312. The zero-order valence-electron chi connectivity index (χ0n) is 10.0. The van der Waals surface area contributed by atoms with Gasteiger partial charge in [-0.1, -0.05) is 20.3 Å². The molecule has 1 aromatic rings. The highest BCUT2D eigenvalue weighted by Gasteiger charge is 2.24. The molecule has 0 saturated heterocycles. The van der Waals surface area contributed by atoms with Gasteiger partial charge in [0, 0.05) is 4.88 Å². The Hall–Kier alpha value is -1.43. The zero-order valence-corrected chi connectivity index (χ0v) is 10.8. The SMILES string of the molecule is CCCC(C)c1sc(C(=O)OC)nc1C(=O)O. The minimum Gasteiger partial charge on any atom is -0.476 e. The fraction of sp³-hybridized carbons (Fsp3) is 0.545. The van der Waals surface area contributed by atoms with Crippen molar-refractivity contribution in [1.82, 2.24) is 4.98 Å². The summed E-state index contributed by atoms with van der Waals surface area (Å²) in [6.45, 7) is 3.96. The first-order chi connectivity index (χ1) is 8.01. The zero-order chi connectivity index (χ0) is 13.0. The maximum atomic E-state index is 11.3. The fourth-order valence-electron chi connectivity index (χ4n) is 1.56. The summed E-state index contributed by atoms with van der Waals surface area (Å²) >= 11 is 1.10. The molecule has 0 saturated carbocycles. The average Bonchev–Trinajstić information content (AvgIpc) is 2.73. The van der Waals surface area contributed by atoms with Gasteiger partial charge in [0.05, 0.1) is 7.11 Å². The Morgan fingerprint density at radius 1 is 1.53 bits per heavy atom. The lowest BCUT2D eigenvalue weighted by molar-refractivity contribution is 0.0600. The first-order valence-corrected chi connectivity index (χ1v) is 6.15. The maximum Gasteiger partial charge on any atom is 0.367 e. The van der Waals surface area contributed by atoms with Crippen molar-refractivity contribution in [3.8, 4) is 0 Å². The lowest BCUT2D eigenvalue weighted by atomic mass is 10.0. The van der Waals surface area contributed by atoms with Crippen molar-refractivity contribution in [2.75, 3.05) is 7.11 Å². The molecular formula is C11H15NO4S. The molecule has 94 valence electrons. The van der Waals surface area contributed by atoms with E-state index in [2.05, 4.69) is 9.72 Å². The van der Waals surface area contributed by atoms with Crippen LogP contribution in [0.4, 0.5) is 0 Å². The van der Waals surface area contributed by atoms with Crippen LogP contribution in [0.15, 0.2) is 0 Å². The van der Waals surface area contributed by atoms with Gasteiger partial charge in [0.2, 0.25) is 5.01 Å². The van der Waals surface area contributed by atoms with Crippen molar-refractivity contribution in [1.29, 1.82) is 0 Å². The number of hydrogen-bond donors (Lipinski definition) is 1. The van der Waals surface area contributed by atoms with Gasteiger partial charge in [-0.05, 0) is 12.3 Å². The highest BCUT2D eigenvalue weighted by atomic mass is 32.1. The molecule has 0 aliphatic rings. The number of carbonyl (C=O) groups excluding carboxylic acids is 1. The van der Waals surface area contributed by atoms with Crippen molar-refractivity contribution in [2.24, 2.45) is 0 Å². The number of ether oxygens (including phenoxy) is 1. The summed E-state index contributed by atoms with van der Waals surface area (Å²) in [4.78, 5) is 26.8. The van der Waals surface area contributed by atoms with Crippen molar-refractivity contribution < 1.29 is 19.4 Å². The quantitative estimate of drug-likeness (QED) is 0.820. The third kappa shape index (κ3) is 3.03. The van der Waals surface area contributed by atoms with E-state index < -0.39 is 11.9 Å². The summed E-state index contributed by atoms with van der Waals surface area (Å²) in [6.07, 6.45) is 1.81. The van der Waals surface area contributed by atoms with Gasteiger partial charge in [-0.2, -0.15) is 0 Å². The van der Waals surface area contributed by atoms with Crippen LogP contribution in [0.2, 0.25) is 0 Å². The largest absolute Gasteiger partial charge is 0.476 e. The second-order valence-corrected chi connectivity index (χ2v) is 4.75. The maximum absolute atomic E-state index is 11.3. The van der Waals surface area contributed by atoms with Crippen LogP contribution < -0.4 is 0 Å². The van der Waals surface area contributed by atoms with E-state index >= 15 is 0 Å². The summed E-state index contributed by atoms with van der Waals surface area (Å²) in [7, 11) is 1.25. The number of thiazole rings is 1. The molecule has 6 heteroatoms. The monoisotopic (exact) mass is 257 g/mol. The Morgan fingerprint density at radius 3 is 2.65 bits per heavy atom. The van der Waals surface area contributed by atoms with Crippen molar-refractivity contribution >= 4 is 23.3 Å². The fourth-order valence-corrected chi connectivity index (χ4v) is 2.62. The molecule has 0 amide bonds. The van der Waals surface area contributed by atoms with Crippen LogP contribution in [0.25, 0.3) is 0 Å². The molecule has 0 aliphatic carbocycles. The number of aromatic nitrogens is 1. The summed E-state index contributed by atoms with van der Waals surface area (Å²) in [6, 6.07) is 0. The smallest absolute Gasteiger partial charge is 0.367 e. The van der Waals surface area contributed by atoms with Crippen molar-refractivity contribution in [3.63, 3.8) is 0 Å². The molecule has 17 heavy (non-hydrogen) atoms. The number of esters is 1. The lowest BCUT2D eigenvalue weighted by Crippen LogP contribution is -2.05. The van der Waals surface area contributed by atoms with Crippen LogP contribution in [0, 0.1) is 0 Å². The van der Waals surface area contributed by atoms with E-state index in [0.717, 1.165) is 24.2 Å². The molecule has 1 atom stereocenters. The molecule has 0 aliphatic heterocycles. The highest BCUT2D eigenvalue weighted by Crippen LogP contribution is 2.30. The molecule has 0 radical (unpaired) electrons. The van der Waals surface area contributed by atoms with Gasteiger partial charge < -0.3 is 9.84 Å². The Balaban J connectivity index is 3.13. The second-order valence-electron chi connectivity index (χ2n) is 3.72. The molecule has 1 rings (SSSR count). The molecular weight excluding hydrogens is 242 g/mol. The predicted octanol–water partition coefficient (Wildman–Crippen LogP) is 2.53. The van der Waals surface area contributed by atoms with Crippen LogP contribution in [0.1, 0.15) is 57.8 Å². The van der Waals surface area contributed by atoms with Gasteiger partial charge in [-0.15, -0.1) is 11.3 Å². The third-order valence-corrected chi connectivity index (χ3v) is 3.65. The summed E-state index contributed by atoms with van der Waals surface area (Å²) < 4.78 is 4.54. The number of nitrogens with zero attached hydrogens (tertiary/aromatic N) is 1. The Bertz CT molecular complexity index is 427. The van der Waals surface area contributed by atoms with Gasteiger partial charge in [0.25, 0.3) is 0 Å². The number of carboxylic acids is 1. The molecule has 1 aromatic heterocycles.